The summed E-state index contributed by atoms with van der Waals surface area (Å²) < 4.78 is 0. The van der Waals surface area contributed by atoms with Crippen molar-refractivity contribution >= 4 is 5.91 Å². The Kier molecular flexibility index (Phi) is 5.16. The number of amides is 1. The highest BCUT2D eigenvalue weighted by Gasteiger charge is 2.15. The van der Waals surface area contributed by atoms with E-state index in [0.29, 0.717) is 12.3 Å². The first-order chi connectivity index (χ1) is 8.00. The molecule has 0 radical (unpaired) electrons. The van der Waals surface area contributed by atoms with Crippen LogP contribution in [-0.2, 0) is 4.79 Å². The van der Waals surface area contributed by atoms with E-state index in [1.807, 2.05) is 51.1 Å². The van der Waals surface area contributed by atoms with Crippen LogP contribution in [0.25, 0.3) is 0 Å². The van der Waals surface area contributed by atoms with Crippen LogP contribution in [0.3, 0.4) is 0 Å². The molecule has 0 saturated heterocycles. The number of nitrogens with one attached hydrogen (secondary N) is 1. The summed E-state index contributed by atoms with van der Waals surface area (Å²) >= 11 is 0. The van der Waals surface area contributed by atoms with Crippen LogP contribution < -0.4 is 11.1 Å². The summed E-state index contributed by atoms with van der Waals surface area (Å²) in [6.07, 6.45) is 0.384. The van der Waals surface area contributed by atoms with Gasteiger partial charge in [0.05, 0.1) is 6.04 Å². The molecule has 0 aliphatic rings. The van der Waals surface area contributed by atoms with Crippen LogP contribution in [0.5, 0.6) is 0 Å². The highest BCUT2D eigenvalue weighted by Crippen LogP contribution is 2.12. The third-order valence-corrected chi connectivity index (χ3v) is 2.95. The first-order valence-electron chi connectivity index (χ1n) is 6.10. The third-order valence-electron chi connectivity index (χ3n) is 2.95. The Balaban J connectivity index is 2.47. The van der Waals surface area contributed by atoms with Crippen molar-refractivity contribution in [3.63, 3.8) is 0 Å². The molecule has 1 aromatic carbocycles. The summed E-state index contributed by atoms with van der Waals surface area (Å²) in [4.78, 5) is 11.8. The number of hydrogen-bond acceptors (Lipinski definition) is 2. The zero-order chi connectivity index (χ0) is 12.8. The van der Waals surface area contributed by atoms with Gasteiger partial charge >= 0.3 is 0 Å². The number of rotatable bonds is 5. The summed E-state index contributed by atoms with van der Waals surface area (Å²) in [6, 6.07) is 9.88. The Morgan fingerprint density at radius 2 is 1.82 bits per heavy atom. The lowest BCUT2D eigenvalue weighted by Gasteiger charge is -2.18. The number of carbonyl (C=O) groups excluding carboxylic acids is 1. The molecule has 0 spiro atoms. The smallest absolute Gasteiger partial charge is 0.222 e. The Bertz CT molecular complexity index is 348. The van der Waals surface area contributed by atoms with Crippen molar-refractivity contribution in [2.45, 2.75) is 39.3 Å². The Morgan fingerprint density at radius 1 is 1.24 bits per heavy atom. The quantitative estimate of drug-likeness (QED) is 0.821. The van der Waals surface area contributed by atoms with Crippen LogP contribution in [0.1, 0.15) is 38.8 Å². The van der Waals surface area contributed by atoms with E-state index in [9.17, 15) is 4.79 Å². The molecule has 0 aliphatic heterocycles. The second-order valence-electron chi connectivity index (χ2n) is 4.81. The minimum absolute atomic E-state index is 0.0163. The molecule has 17 heavy (non-hydrogen) atoms. The predicted octanol–water partition coefficient (Wildman–Crippen LogP) is 2.24. The van der Waals surface area contributed by atoms with Gasteiger partial charge in [-0.25, -0.2) is 0 Å². The van der Waals surface area contributed by atoms with Gasteiger partial charge in [-0.05, 0) is 18.4 Å². The second-order valence-corrected chi connectivity index (χ2v) is 4.81. The molecule has 0 aliphatic carbocycles. The van der Waals surface area contributed by atoms with E-state index in [2.05, 4.69) is 5.32 Å². The molecule has 3 N–H and O–H groups in total. The summed E-state index contributed by atoms with van der Waals surface area (Å²) in [5.74, 6) is 0.343. The zero-order valence-electron chi connectivity index (χ0n) is 10.8. The fourth-order valence-corrected chi connectivity index (χ4v) is 1.58. The molecule has 0 bridgehead atoms. The topological polar surface area (TPSA) is 55.1 Å². The highest BCUT2D eigenvalue weighted by atomic mass is 16.1. The molecule has 0 fully saturated rings. The van der Waals surface area contributed by atoms with Crippen LogP contribution in [-0.4, -0.2) is 11.9 Å². The monoisotopic (exact) mass is 234 g/mol. The van der Waals surface area contributed by atoms with Gasteiger partial charge in [-0.15, -0.1) is 0 Å². The largest absolute Gasteiger partial charge is 0.350 e. The first-order valence-corrected chi connectivity index (χ1v) is 6.10. The van der Waals surface area contributed by atoms with Crippen molar-refractivity contribution in [3.8, 4) is 0 Å². The summed E-state index contributed by atoms with van der Waals surface area (Å²) in [5.41, 5.74) is 6.98. The van der Waals surface area contributed by atoms with Gasteiger partial charge in [-0.3, -0.25) is 4.79 Å². The van der Waals surface area contributed by atoms with Crippen molar-refractivity contribution in [1.82, 2.24) is 5.32 Å². The minimum Gasteiger partial charge on any atom is -0.350 e. The Hall–Kier alpha value is -1.35. The standard InChI is InChI=1S/C14H22N2O/c1-10(2)13(15)9-14(17)16-11(3)12-7-5-4-6-8-12/h4-8,10-11,13H,9,15H2,1-3H3,(H,16,17). The maximum atomic E-state index is 11.8. The van der Waals surface area contributed by atoms with E-state index in [4.69, 9.17) is 5.73 Å². The van der Waals surface area contributed by atoms with Crippen LogP contribution in [0.2, 0.25) is 0 Å². The SMILES string of the molecule is CC(NC(=O)CC(N)C(C)C)c1ccccc1. The molecule has 0 aromatic heterocycles. The van der Waals surface area contributed by atoms with Gasteiger partial charge < -0.3 is 11.1 Å². The van der Waals surface area contributed by atoms with E-state index in [-0.39, 0.29) is 18.0 Å². The predicted molar refractivity (Wildman–Crippen MR) is 70.4 cm³/mol. The molecular formula is C14H22N2O. The van der Waals surface area contributed by atoms with Crippen molar-refractivity contribution in [1.29, 1.82) is 0 Å². The molecule has 3 nitrogen and oxygen atoms in total. The molecule has 1 aromatic rings. The fraction of sp³-hybridized carbons (Fsp3) is 0.500. The van der Waals surface area contributed by atoms with E-state index in [1.54, 1.807) is 0 Å². The summed E-state index contributed by atoms with van der Waals surface area (Å²) in [7, 11) is 0. The van der Waals surface area contributed by atoms with Gasteiger partial charge in [-0.2, -0.15) is 0 Å². The average molecular weight is 234 g/mol. The lowest BCUT2D eigenvalue weighted by atomic mass is 10.0. The van der Waals surface area contributed by atoms with Crippen LogP contribution in [0.15, 0.2) is 30.3 Å². The summed E-state index contributed by atoms with van der Waals surface area (Å²) in [6.45, 7) is 6.03. The van der Waals surface area contributed by atoms with E-state index >= 15 is 0 Å². The van der Waals surface area contributed by atoms with Gasteiger partial charge in [0, 0.05) is 12.5 Å². The third kappa shape index (κ3) is 4.57. The van der Waals surface area contributed by atoms with Gasteiger partial charge in [-0.1, -0.05) is 44.2 Å². The maximum Gasteiger partial charge on any atom is 0.222 e. The first kappa shape index (κ1) is 13.7. The lowest BCUT2D eigenvalue weighted by Crippen LogP contribution is -2.35. The highest BCUT2D eigenvalue weighted by molar-refractivity contribution is 5.77. The van der Waals surface area contributed by atoms with Crippen LogP contribution in [0, 0.1) is 5.92 Å². The fourth-order valence-electron chi connectivity index (χ4n) is 1.58. The number of benzene rings is 1. The van der Waals surface area contributed by atoms with Crippen LogP contribution >= 0.6 is 0 Å². The normalized spacial score (nSPS) is 14.4. The van der Waals surface area contributed by atoms with Crippen LogP contribution in [0.4, 0.5) is 0 Å². The maximum absolute atomic E-state index is 11.8. The Labute approximate surface area is 103 Å². The van der Waals surface area contributed by atoms with E-state index < -0.39 is 0 Å². The lowest BCUT2D eigenvalue weighted by molar-refractivity contribution is -0.122. The molecular weight excluding hydrogens is 212 g/mol. The molecule has 1 rings (SSSR count). The molecule has 94 valence electrons. The Morgan fingerprint density at radius 3 is 2.35 bits per heavy atom. The van der Waals surface area contributed by atoms with Crippen molar-refractivity contribution in [2.24, 2.45) is 11.7 Å². The van der Waals surface area contributed by atoms with Gasteiger partial charge in [0.25, 0.3) is 0 Å². The number of nitrogens with two attached hydrogens (primary N) is 1. The minimum atomic E-state index is -0.0713. The number of hydrogen-bond donors (Lipinski definition) is 2. The summed E-state index contributed by atoms with van der Waals surface area (Å²) in [5, 5.41) is 2.96. The molecule has 0 heterocycles. The van der Waals surface area contributed by atoms with E-state index in [0.717, 1.165) is 5.56 Å². The molecule has 1 amide bonds. The molecule has 0 saturated carbocycles. The van der Waals surface area contributed by atoms with Crippen molar-refractivity contribution < 1.29 is 4.79 Å². The molecule has 2 unspecified atom stereocenters. The average Bonchev–Trinajstić information content (AvgIpc) is 2.29. The van der Waals surface area contributed by atoms with Crippen molar-refractivity contribution in [3.05, 3.63) is 35.9 Å². The molecule has 3 heteroatoms. The second kappa shape index (κ2) is 6.40. The van der Waals surface area contributed by atoms with Gasteiger partial charge in [0.1, 0.15) is 0 Å². The van der Waals surface area contributed by atoms with Gasteiger partial charge in [0.15, 0.2) is 0 Å². The zero-order valence-corrected chi connectivity index (χ0v) is 10.8. The van der Waals surface area contributed by atoms with E-state index in [1.165, 1.54) is 0 Å². The molecule has 2 atom stereocenters. The van der Waals surface area contributed by atoms with Crippen molar-refractivity contribution in [2.75, 3.05) is 0 Å². The number of carbonyl (C=O) groups is 1. The van der Waals surface area contributed by atoms with Gasteiger partial charge in [0.2, 0.25) is 5.91 Å².